The minimum Gasteiger partial charge on any atom is -0.508 e. The monoisotopic (exact) mass is 566 g/mol. The molecule has 2 heterocycles. The molecular formula is C35H46N6O. The highest BCUT2D eigenvalue weighted by Crippen LogP contribution is 2.44. The van der Waals surface area contributed by atoms with E-state index in [1.54, 1.807) is 12.1 Å². The number of hydrogen-bond acceptors (Lipinski definition) is 5. The molecule has 0 unspecified atom stereocenters. The first-order chi connectivity index (χ1) is 19.4. The van der Waals surface area contributed by atoms with E-state index in [0.717, 1.165) is 51.6 Å². The van der Waals surface area contributed by atoms with Crippen molar-refractivity contribution >= 4 is 22.1 Å². The first-order valence-electron chi connectivity index (χ1n) is 14.9. The summed E-state index contributed by atoms with van der Waals surface area (Å²) in [6.07, 6.45) is 1.98. The summed E-state index contributed by atoms with van der Waals surface area (Å²) in [5, 5.41) is 34.3. The van der Waals surface area contributed by atoms with Crippen molar-refractivity contribution in [2.24, 2.45) is 10.8 Å². The molecule has 7 heteroatoms. The Labute approximate surface area is 249 Å². The van der Waals surface area contributed by atoms with Gasteiger partial charge in [-0.1, -0.05) is 93.5 Å². The average molecular weight is 567 g/mol. The van der Waals surface area contributed by atoms with Gasteiger partial charge in [-0.05, 0) is 86.6 Å². The summed E-state index contributed by atoms with van der Waals surface area (Å²) in [5.41, 5.74) is 9.21. The highest BCUT2D eigenvalue weighted by atomic mass is 16.3. The van der Waals surface area contributed by atoms with Gasteiger partial charge in [-0.3, -0.25) is 0 Å². The maximum Gasteiger partial charge on any atom is 0.116 e. The first kappa shape index (κ1) is 29.7. The fourth-order valence-electron chi connectivity index (χ4n) is 7.40. The fourth-order valence-corrected chi connectivity index (χ4v) is 7.40. The van der Waals surface area contributed by atoms with E-state index >= 15 is 0 Å². The Morgan fingerprint density at radius 2 is 0.976 bits per heavy atom. The molecule has 42 heavy (non-hydrogen) atoms. The smallest absolute Gasteiger partial charge is 0.116 e. The molecule has 0 spiro atoms. The quantitative estimate of drug-likeness (QED) is 0.171. The molecule has 0 atom stereocenters. The van der Waals surface area contributed by atoms with Crippen molar-refractivity contribution in [2.45, 2.75) is 98.8 Å². The van der Waals surface area contributed by atoms with Crippen LogP contribution in [-0.2, 0) is 10.8 Å². The molecule has 222 valence electrons. The van der Waals surface area contributed by atoms with Crippen LogP contribution in [0.1, 0.15) is 116 Å². The minimum absolute atomic E-state index is 0.124. The van der Waals surface area contributed by atoms with E-state index < -0.39 is 0 Å². The predicted molar refractivity (Wildman–Crippen MR) is 171 cm³/mol. The molecular weight excluding hydrogens is 520 g/mol. The number of rotatable bonds is 7. The second-order valence-corrected chi connectivity index (χ2v) is 15.8. The van der Waals surface area contributed by atoms with Crippen molar-refractivity contribution in [3.8, 4) is 5.75 Å². The Morgan fingerprint density at radius 3 is 1.36 bits per heavy atom. The molecule has 2 aromatic heterocycles. The Kier molecular flexibility index (Phi) is 7.23. The zero-order chi connectivity index (χ0) is 30.7. The van der Waals surface area contributed by atoms with Crippen molar-refractivity contribution in [1.82, 2.24) is 30.8 Å². The van der Waals surface area contributed by atoms with Crippen molar-refractivity contribution in [2.75, 3.05) is 0 Å². The summed E-state index contributed by atoms with van der Waals surface area (Å²) in [4.78, 5) is 0. The van der Waals surface area contributed by atoms with Gasteiger partial charge >= 0.3 is 0 Å². The molecule has 0 aliphatic heterocycles. The number of hydrogen-bond donors (Lipinski definition) is 3. The van der Waals surface area contributed by atoms with Crippen LogP contribution in [0.4, 0.5) is 0 Å². The zero-order valence-electron chi connectivity index (χ0n) is 26.8. The number of aromatic nitrogens is 6. The summed E-state index contributed by atoms with van der Waals surface area (Å²) in [7, 11) is 0. The van der Waals surface area contributed by atoms with Gasteiger partial charge in [0.2, 0.25) is 0 Å². The molecule has 0 aliphatic rings. The Bertz CT molecular complexity index is 1600. The van der Waals surface area contributed by atoms with Gasteiger partial charge in [0, 0.05) is 5.92 Å². The third-order valence-corrected chi connectivity index (χ3v) is 8.18. The fraction of sp³-hybridized carbons (Fsp3) is 0.486. The van der Waals surface area contributed by atoms with E-state index in [4.69, 9.17) is 0 Å². The molecule has 0 saturated heterocycles. The van der Waals surface area contributed by atoms with Gasteiger partial charge in [0.15, 0.2) is 0 Å². The molecule has 0 amide bonds. The molecule has 3 N–H and O–H groups in total. The normalized spacial score (nSPS) is 13.5. The number of aromatic amines is 2. The highest BCUT2D eigenvalue weighted by molar-refractivity contribution is 5.82. The van der Waals surface area contributed by atoms with E-state index in [2.05, 4.69) is 124 Å². The summed E-state index contributed by atoms with van der Waals surface area (Å²) in [5.74, 6) is 0.122. The van der Waals surface area contributed by atoms with Crippen LogP contribution < -0.4 is 0 Å². The Balaban J connectivity index is 1.78. The molecule has 0 bridgehead atoms. The largest absolute Gasteiger partial charge is 0.508 e. The number of H-pyrrole nitrogens is 2. The standard InChI is InChI=1S/C35H46N6O/c1-32(2,3)19-34(7,8)25-15-22(17-27-30(25)38-40-36-27)29(21-11-13-24(42)14-12-21)23-16-26(31-28(18-23)37-41-39-31)35(9,10)20-33(4,5)6/h11-18,29,42H,19-20H2,1-10H3,(H,36,38,40)(H,37,39,41). The summed E-state index contributed by atoms with van der Waals surface area (Å²) in [6.45, 7) is 22.9. The van der Waals surface area contributed by atoms with Crippen molar-refractivity contribution in [1.29, 1.82) is 0 Å². The molecule has 0 saturated carbocycles. The maximum absolute atomic E-state index is 10.2. The third kappa shape index (κ3) is 6.06. The molecule has 5 aromatic rings. The molecule has 5 rings (SSSR count). The predicted octanol–water partition coefficient (Wildman–Crippen LogP) is 8.54. The second kappa shape index (κ2) is 10.2. The second-order valence-electron chi connectivity index (χ2n) is 15.8. The number of phenols is 1. The number of aromatic hydroxyl groups is 1. The van der Waals surface area contributed by atoms with Gasteiger partial charge in [0.05, 0.1) is 0 Å². The number of benzene rings is 3. The molecule has 0 radical (unpaired) electrons. The first-order valence-corrected chi connectivity index (χ1v) is 14.9. The van der Waals surface area contributed by atoms with Gasteiger partial charge in [0.25, 0.3) is 0 Å². The van der Waals surface area contributed by atoms with Crippen molar-refractivity contribution in [3.63, 3.8) is 0 Å². The number of nitrogens with zero attached hydrogens (tertiary/aromatic N) is 4. The SMILES string of the molecule is CC(C)(C)CC(C)(C)c1cc(C(c2ccc(O)cc2)c2cc(C(C)(C)CC(C)(C)C)c3n[nH]nc3c2)cc2n[nH]nc12. The lowest BCUT2D eigenvalue weighted by molar-refractivity contribution is 0.285. The lowest BCUT2D eigenvalue weighted by atomic mass is 9.70. The maximum atomic E-state index is 10.2. The Morgan fingerprint density at radius 1 is 0.571 bits per heavy atom. The minimum atomic E-state index is -0.140. The van der Waals surface area contributed by atoms with E-state index in [0.29, 0.717) is 0 Å². The van der Waals surface area contributed by atoms with Crippen LogP contribution in [0.15, 0.2) is 48.5 Å². The van der Waals surface area contributed by atoms with E-state index in [9.17, 15) is 5.11 Å². The van der Waals surface area contributed by atoms with E-state index in [1.165, 1.54) is 11.1 Å². The van der Waals surface area contributed by atoms with E-state index in [1.807, 2.05) is 12.1 Å². The topological polar surface area (TPSA) is 103 Å². The van der Waals surface area contributed by atoms with Gasteiger partial charge in [-0.2, -0.15) is 30.8 Å². The van der Waals surface area contributed by atoms with Crippen LogP contribution in [0.5, 0.6) is 5.75 Å². The van der Waals surface area contributed by atoms with Crippen LogP contribution in [0, 0.1) is 10.8 Å². The number of fused-ring (bicyclic) bond motifs is 2. The lowest BCUT2D eigenvalue weighted by Crippen LogP contribution is -2.26. The summed E-state index contributed by atoms with van der Waals surface area (Å²) in [6, 6.07) is 16.5. The van der Waals surface area contributed by atoms with Gasteiger partial charge in [-0.25, -0.2) is 0 Å². The summed E-state index contributed by atoms with van der Waals surface area (Å²) < 4.78 is 0. The van der Waals surface area contributed by atoms with E-state index in [-0.39, 0.29) is 33.3 Å². The van der Waals surface area contributed by atoms with Crippen LogP contribution in [0.2, 0.25) is 0 Å². The molecule has 3 aromatic carbocycles. The zero-order valence-corrected chi connectivity index (χ0v) is 26.8. The van der Waals surface area contributed by atoms with Crippen LogP contribution in [0.25, 0.3) is 22.1 Å². The van der Waals surface area contributed by atoms with Crippen LogP contribution in [-0.4, -0.2) is 35.9 Å². The molecule has 0 fully saturated rings. The van der Waals surface area contributed by atoms with Crippen molar-refractivity contribution < 1.29 is 5.11 Å². The summed E-state index contributed by atoms with van der Waals surface area (Å²) >= 11 is 0. The van der Waals surface area contributed by atoms with Gasteiger partial charge in [0.1, 0.15) is 27.8 Å². The number of phenolic OH excluding ortho intramolecular Hbond substituents is 1. The third-order valence-electron chi connectivity index (χ3n) is 8.18. The van der Waals surface area contributed by atoms with Gasteiger partial charge < -0.3 is 5.11 Å². The van der Waals surface area contributed by atoms with Crippen LogP contribution in [0.3, 0.4) is 0 Å². The van der Waals surface area contributed by atoms with Crippen molar-refractivity contribution in [3.05, 3.63) is 76.3 Å². The average Bonchev–Trinajstić information content (AvgIpc) is 3.51. The molecule has 7 nitrogen and oxygen atoms in total. The highest BCUT2D eigenvalue weighted by Gasteiger charge is 2.34. The lowest BCUT2D eigenvalue weighted by Gasteiger charge is -2.34. The number of nitrogens with one attached hydrogen (secondary N) is 2. The van der Waals surface area contributed by atoms with Gasteiger partial charge in [-0.15, -0.1) is 0 Å². The van der Waals surface area contributed by atoms with Crippen LogP contribution >= 0.6 is 0 Å². The molecule has 0 aliphatic carbocycles. The Hall–Kier alpha value is -3.74.